The maximum Gasteiger partial charge on any atom is 0.303 e. The normalized spacial score (nSPS) is 25.7. The Kier molecular flexibility index (Phi) is 7.05. The number of amides is 1. The Hall–Kier alpha value is -2.39. The lowest BCUT2D eigenvalue weighted by molar-refractivity contribution is -0.137. The Morgan fingerprint density at radius 2 is 1.94 bits per heavy atom. The summed E-state index contributed by atoms with van der Waals surface area (Å²) >= 11 is 0.994. The fraction of sp³-hybridized carbons (Fsp3) is 0.520. The van der Waals surface area contributed by atoms with Crippen molar-refractivity contribution in [3.05, 3.63) is 53.7 Å². The maximum absolute atomic E-state index is 13.1. The second kappa shape index (κ2) is 9.70. The van der Waals surface area contributed by atoms with Gasteiger partial charge in [0.25, 0.3) is 15.9 Å². The van der Waals surface area contributed by atoms with Crippen LogP contribution >= 0.6 is 11.3 Å². The number of carboxylic acids is 1. The Morgan fingerprint density at radius 1 is 1.21 bits per heavy atom. The standard InChI is InChI=1S/C25H32N2O5S2/c1-25(2)17-15-19(25)18(9-5-3-4-6-10-22(28)29)20(16-17)26-24(30)21-11-12-23(33-21)34(31,32)27-13-7-8-14-27/h3,5,7-8,11-14,17-20H,4,6,9-10,15-16H2,1-2H3,(H,26,30)(H,28,29)/b5-3+/t17-,18-,19+,20-/m0/s1. The lowest BCUT2D eigenvalue weighted by atomic mass is 9.44. The molecule has 3 fully saturated rings. The van der Waals surface area contributed by atoms with E-state index < -0.39 is 16.0 Å². The van der Waals surface area contributed by atoms with E-state index in [2.05, 4.69) is 31.3 Å². The molecular weight excluding hydrogens is 472 g/mol. The predicted octanol–water partition coefficient (Wildman–Crippen LogP) is 4.77. The summed E-state index contributed by atoms with van der Waals surface area (Å²) in [6, 6.07) is 6.42. The number of aromatic nitrogens is 1. The average Bonchev–Trinajstić information content (AvgIpc) is 3.49. The average molecular weight is 505 g/mol. The molecule has 184 valence electrons. The van der Waals surface area contributed by atoms with Gasteiger partial charge in [0.1, 0.15) is 4.21 Å². The van der Waals surface area contributed by atoms with Crippen molar-refractivity contribution in [2.45, 2.75) is 62.6 Å². The summed E-state index contributed by atoms with van der Waals surface area (Å²) in [5, 5.41) is 12.0. The zero-order valence-electron chi connectivity index (χ0n) is 19.5. The van der Waals surface area contributed by atoms with Crippen LogP contribution in [0.2, 0.25) is 0 Å². The number of thiophene rings is 1. The summed E-state index contributed by atoms with van der Waals surface area (Å²) in [6.45, 7) is 4.62. The second-order valence-corrected chi connectivity index (χ2v) is 13.1. The van der Waals surface area contributed by atoms with Crippen molar-refractivity contribution in [2.24, 2.45) is 23.2 Å². The van der Waals surface area contributed by atoms with Crippen LogP contribution in [-0.4, -0.2) is 35.4 Å². The molecule has 5 rings (SSSR count). The van der Waals surface area contributed by atoms with Gasteiger partial charge in [-0.15, -0.1) is 11.3 Å². The van der Waals surface area contributed by atoms with Crippen molar-refractivity contribution in [1.82, 2.24) is 9.29 Å². The van der Waals surface area contributed by atoms with E-state index in [1.54, 1.807) is 18.2 Å². The maximum atomic E-state index is 13.1. The highest BCUT2D eigenvalue weighted by Gasteiger charge is 2.57. The molecule has 2 bridgehead atoms. The molecule has 9 heteroatoms. The Labute approximate surface area is 204 Å². The monoisotopic (exact) mass is 504 g/mol. The van der Waals surface area contributed by atoms with E-state index in [-0.39, 0.29) is 28.0 Å². The number of hydrogen-bond donors (Lipinski definition) is 2. The Bertz CT molecular complexity index is 1160. The van der Waals surface area contributed by atoms with E-state index in [1.165, 1.54) is 24.9 Å². The highest BCUT2D eigenvalue weighted by Crippen LogP contribution is 2.62. The van der Waals surface area contributed by atoms with Crippen LogP contribution in [0.15, 0.2) is 53.0 Å². The number of fused-ring (bicyclic) bond motifs is 2. The van der Waals surface area contributed by atoms with E-state index >= 15 is 0 Å². The molecule has 0 radical (unpaired) electrons. The van der Waals surface area contributed by atoms with Gasteiger partial charge in [0.15, 0.2) is 0 Å². The van der Waals surface area contributed by atoms with Crippen LogP contribution in [0.4, 0.5) is 0 Å². The zero-order chi connectivity index (χ0) is 24.5. The number of allylic oxidation sites excluding steroid dienone is 2. The van der Waals surface area contributed by atoms with E-state index in [0.29, 0.717) is 29.1 Å². The van der Waals surface area contributed by atoms with Crippen LogP contribution in [0.3, 0.4) is 0 Å². The number of nitrogens with one attached hydrogen (secondary N) is 1. The van der Waals surface area contributed by atoms with Crippen LogP contribution in [0.5, 0.6) is 0 Å². The van der Waals surface area contributed by atoms with Crippen molar-refractivity contribution >= 4 is 33.2 Å². The molecule has 0 unspecified atom stereocenters. The highest BCUT2D eigenvalue weighted by atomic mass is 32.2. The third-order valence-electron chi connectivity index (χ3n) is 7.69. The molecule has 2 aromatic rings. The number of rotatable bonds is 10. The number of aliphatic carboxylic acids is 1. The van der Waals surface area contributed by atoms with Gasteiger partial charge in [0, 0.05) is 24.9 Å². The van der Waals surface area contributed by atoms with E-state index in [1.807, 2.05) is 0 Å². The van der Waals surface area contributed by atoms with Crippen LogP contribution in [0.25, 0.3) is 0 Å². The first-order valence-corrected chi connectivity index (χ1v) is 14.0. The minimum Gasteiger partial charge on any atom is -0.481 e. The summed E-state index contributed by atoms with van der Waals surface area (Å²) in [6.07, 6.45) is 11.6. The van der Waals surface area contributed by atoms with Crippen LogP contribution in [0.1, 0.15) is 62.0 Å². The summed E-state index contributed by atoms with van der Waals surface area (Å²) < 4.78 is 26.7. The van der Waals surface area contributed by atoms with Gasteiger partial charge in [-0.25, -0.2) is 3.97 Å². The van der Waals surface area contributed by atoms with Crippen molar-refractivity contribution in [3.63, 3.8) is 0 Å². The molecule has 0 spiro atoms. The molecule has 3 saturated carbocycles. The quantitative estimate of drug-likeness (QED) is 0.358. The second-order valence-electron chi connectivity index (χ2n) is 9.97. The zero-order valence-corrected chi connectivity index (χ0v) is 21.1. The third-order valence-corrected chi connectivity index (χ3v) is 10.9. The first-order chi connectivity index (χ1) is 16.1. The molecule has 2 N–H and O–H groups in total. The first kappa shape index (κ1) is 24.7. The number of carbonyl (C=O) groups excluding carboxylic acids is 1. The Morgan fingerprint density at radius 3 is 2.62 bits per heavy atom. The number of carboxylic acid groups (broad SMARTS) is 1. The van der Waals surface area contributed by atoms with E-state index in [0.717, 1.165) is 34.6 Å². The van der Waals surface area contributed by atoms with Crippen LogP contribution in [0, 0.1) is 23.2 Å². The number of carbonyl (C=O) groups is 2. The first-order valence-electron chi connectivity index (χ1n) is 11.8. The lowest BCUT2D eigenvalue weighted by Gasteiger charge is -2.62. The highest BCUT2D eigenvalue weighted by molar-refractivity contribution is 7.92. The van der Waals surface area contributed by atoms with Gasteiger partial charge in [-0.05, 0) is 79.5 Å². The van der Waals surface area contributed by atoms with Gasteiger partial charge in [0.2, 0.25) is 0 Å². The van der Waals surface area contributed by atoms with Gasteiger partial charge >= 0.3 is 5.97 Å². The van der Waals surface area contributed by atoms with E-state index in [9.17, 15) is 18.0 Å². The largest absolute Gasteiger partial charge is 0.481 e. The number of nitrogens with zero attached hydrogens (tertiary/aromatic N) is 1. The molecule has 2 aromatic heterocycles. The Balaban J connectivity index is 1.42. The van der Waals surface area contributed by atoms with Crippen LogP contribution < -0.4 is 5.32 Å². The molecule has 4 atom stereocenters. The fourth-order valence-corrected chi connectivity index (χ4v) is 8.08. The minimum atomic E-state index is -3.69. The summed E-state index contributed by atoms with van der Waals surface area (Å²) in [5.74, 6) is 0.407. The number of unbranched alkanes of at least 4 members (excludes halogenated alkanes) is 1. The van der Waals surface area contributed by atoms with Crippen LogP contribution in [-0.2, 0) is 14.8 Å². The van der Waals surface area contributed by atoms with Gasteiger partial charge in [-0.3, -0.25) is 9.59 Å². The molecule has 1 amide bonds. The van der Waals surface area contributed by atoms with Crippen molar-refractivity contribution in [3.8, 4) is 0 Å². The third kappa shape index (κ3) is 4.86. The topological polar surface area (TPSA) is 105 Å². The molecule has 7 nitrogen and oxygen atoms in total. The predicted molar refractivity (Wildman–Crippen MR) is 131 cm³/mol. The summed E-state index contributed by atoms with van der Waals surface area (Å²) in [5.41, 5.74) is 0.254. The fourth-order valence-electron chi connectivity index (χ4n) is 5.58. The molecule has 34 heavy (non-hydrogen) atoms. The molecular formula is C25H32N2O5S2. The van der Waals surface area contributed by atoms with Crippen molar-refractivity contribution < 1.29 is 23.1 Å². The van der Waals surface area contributed by atoms with Gasteiger partial charge < -0.3 is 10.4 Å². The molecule has 0 aliphatic heterocycles. The summed E-state index contributed by atoms with van der Waals surface area (Å²) in [4.78, 5) is 24.1. The molecule has 3 aliphatic rings. The molecule has 0 saturated heterocycles. The van der Waals surface area contributed by atoms with E-state index in [4.69, 9.17) is 5.11 Å². The lowest BCUT2D eigenvalue weighted by Crippen LogP contribution is -2.61. The SMILES string of the molecule is CC1(C)[C@@H]2C[C@H](NC(=O)c3ccc(S(=O)(=O)n4cccc4)s3)[C@@H](C/C=C/CCCC(=O)O)[C@H]1C2. The van der Waals surface area contributed by atoms with Gasteiger partial charge in [-0.1, -0.05) is 26.0 Å². The van der Waals surface area contributed by atoms with Gasteiger partial charge in [-0.2, -0.15) is 8.42 Å². The minimum absolute atomic E-state index is 0.0413. The van der Waals surface area contributed by atoms with Crippen molar-refractivity contribution in [1.29, 1.82) is 0 Å². The molecule has 0 aromatic carbocycles. The molecule has 3 aliphatic carbocycles. The van der Waals surface area contributed by atoms with Crippen molar-refractivity contribution in [2.75, 3.05) is 0 Å². The smallest absolute Gasteiger partial charge is 0.303 e. The van der Waals surface area contributed by atoms with Gasteiger partial charge in [0.05, 0.1) is 4.88 Å². The number of hydrogen-bond acceptors (Lipinski definition) is 5. The summed E-state index contributed by atoms with van der Waals surface area (Å²) in [7, 11) is -3.69. The molecule has 2 heterocycles.